The molecule has 6 heteroatoms. The predicted molar refractivity (Wildman–Crippen MR) is 82.4 cm³/mol. The molecule has 1 amide bonds. The highest BCUT2D eigenvalue weighted by Crippen LogP contribution is 2.28. The third kappa shape index (κ3) is 2.88. The SMILES string of the molecule is COCC1(C(=O)Nc2ccc(-c3cnco3)cc2)CCNC1. The molecule has 0 bridgehead atoms. The number of hydrogen-bond acceptors (Lipinski definition) is 5. The first-order chi connectivity index (χ1) is 10.7. The summed E-state index contributed by atoms with van der Waals surface area (Å²) in [4.78, 5) is 16.5. The van der Waals surface area contributed by atoms with E-state index >= 15 is 0 Å². The molecule has 1 aliphatic heterocycles. The van der Waals surface area contributed by atoms with Gasteiger partial charge < -0.3 is 19.8 Å². The van der Waals surface area contributed by atoms with E-state index in [1.54, 1.807) is 13.3 Å². The maximum absolute atomic E-state index is 12.6. The van der Waals surface area contributed by atoms with E-state index in [0.29, 0.717) is 18.9 Å². The Bertz CT molecular complexity index is 617. The van der Waals surface area contributed by atoms with Crippen LogP contribution in [0.4, 0.5) is 5.69 Å². The van der Waals surface area contributed by atoms with Gasteiger partial charge in [0.1, 0.15) is 0 Å². The molecule has 22 heavy (non-hydrogen) atoms. The minimum atomic E-state index is -0.488. The van der Waals surface area contributed by atoms with E-state index in [2.05, 4.69) is 15.6 Å². The van der Waals surface area contributed by atoms with Crippen LogP contribution >= 0.6 is 0 Å². The van der Waals surface area contributed by atoms with Gasteiger partial charge in [0, 0.05) is 24.9 Å². The van der Waals surface area contributed by atoms with Crippen LogP contribution in [-0.2, 0) is 9.53 Å². The first-order valence-corrected chi connectivity index (χ1v) is 7.24. The summed E-state index contributed by atoms with van der Waals surface area (Å²) < 4.78 is 10.5. The molecule has 2 heterocycles. The Labute approximate surface area is 128 Å². The standard InChI is InChI=1S/C16H19N3O3/c1-21-10-16(6-7-17-9-16)15(20)19-13-4-2-12(3-5-13)14-8-18-11-22-14/h2-5,8,11,17H,6-7,9-10H2,1H3,(H,19,20). The van der Waals surface area contributed by atoms with Crippen molar-refractivity contribution in [1.82, 2.24) is 10.3 Å². The van der Waals surface area contributed by atoms with Gasteiger partial charge in [-0.2, -0.15) is 0 Å². The normalized spacial score (nSPS) is 21.0. The molecule has 0 spiro atoms. The maximum Gasteiger partial charge on any atom is 0.234 e. The molecular formula is C16H19N3O3. The predicted octanol–water partition coefficient (Wildman–Crippen LogP) is 1.91. The van der Waals surface area contributed by atoms with Crippen LogP contribution in [0.15, 0.2) is 41.3 Å². The van der Waals surface area contributed by atoms with Gasteiger partial charge in [0.2, 0.25) is 5.91 Å². The van der Waals surface area contributed by atoms with E-state index < -0.39 is 5.41 Å². The maximum atomic E-state index is 12.6. The highest BCUT2D eigenvalue weighted by Gasteiger charge is 2.41. The zero-order valence-corrected chi connectivity index (χ0v) is 12.5. The summed E-state index contributed by atoms with van der Waals surface area (Å²) in [5.74, 6) is 0.695. The van der Waals surface area contributed by atoms with Gasteiger partial charge in [-0.15, -0.1) is 0 Å². The van der Waals surface area contributed by atoms with Gasteiger partial charge in [-0.05, 0) is 37.2 Å². The highest BCUT2D eigenvalue weighted by molar-refractivity contribution is 5.96. The number of carbonyl (C=O) groups is 1. The molecule has 1 aromatic carbocycles. The van der Waals surface area contributed by atoms with Crippen molar-refractivity contribution in [3.63, 3.8) is 0 Å². The smallest absolute Gasteiger partial charge is 0.234 e. The molecule has 1 atom stereocenters. The summed E-state index contributed by atoms with van der Waals surface area (Å²) in [6.07, 6.45) is 3.83. The summed E-state index contributed by atoms with van der Waals surface area (Å²) in [6.45, 7) is 1.89. The van der Waals surface area contributed by atoms with Gasteiger partial charge in [0.25, 0.3) is 0 Å². The first kappa shape index (κ1) is 14.7. The number of carbonyl (C=O) groups excluding carboxylic acids is 1. The Hall–Kier alpha value is -2.18. The molecule has 2 aromatic rings. The summed E-state index contributed by atoms with van der Waals surface area (Å²) >= 11 is 0. The fraction of sp³-hybridized carbons (Fsp3) is 0.375. The topological polar surface area (TPSA) is 76.4 Å². The van der Waals surface area contributed by atoms with Crippen molar-refractivity contribution in [3.8, 4) is 11.3 Å². The number of nitrogens with one attached hydrogen (secondary N) is 2. The van der Waals surface area contributed by atoms with E-state index in [4.69, 9.17) is 9.15 Å². The molecule has 1 saturated heterocycles. The number of rotatable bonds is 5. The Balaban J connectivity index is 1.71. The van der Waals surface area contributed by atoms with Crippen molar-refractivity contribution in [1.29, 1.82) is 0 Å². The number of nitrogens with zero attached hydrogens (tertiary/aromatic N) is 1. The lowest BCUT2D eigenvalue weighted by Gasteiger charge is -2.25. The lowest BCUT2D eigenvalue weighted by atomic mass is 9.87. The monoisotopic (exact) mass is 301 g/mol. The second-order valence-corrected chi connectivity index (χ2v) is 5.54. The Kier molecular flexibility index (Phi) is 4.22. The Morgan fingerprint density at radius 3 is 2.86 bits per heavy atom. The van der Waals surface area contributed by atoms with Gasteiger partial charge in [-0.25, -0.2) is 4.98 Å². The molecule has 1 aromatic heterocycles. The van der Waals surface area contributed by atoms with Crippen molar-refractivity contribution in [3.05, 3.63) is 36.9 Å². The fourth-order valence-electron chi connectivity index (χ4n) is 2.74. The number of methoxy groups -OCH3 is 1. The largest absolute Gasteiger partial charge is 0.444 e. The van der Waals surface area contributed by atoms with Gasteiger partial charge in [0.05, 0.1) is 18.2 Å². The molecule has 0 aliphatic carbocycles. The van der Waals surface area contributed by atoms with Crippen molar-refractivity contribution in [2.45, 2.75) is 6.42 Å². The Morgan fingerprint density at radius 2 is 2.27 bits per heavy atom. The number of benzene rings is 1. The molecule has 1 aliphatic rings. The number of aromatic nitrogens is 1. The first-order valence-electron chi connectivity index (χ1n) is 7.24. The minimum absolute atomic E-state index is 0.00762. The zero-order valence-electron chi connectivity index (χ0n) is 12.5. The molecular weight excluding hydrogens is 282 g/mol. The lowest BCUT2D eigenvalue weighted by molar-refractivity contribution is -0.127. The third-order valence-electron chi connectivity index (χ3n) is 4.01. The van der Waals surface area contributed by atoms with E-state index in [1.165, 1.54) is 6.39 Å². The Morgan fingerprint density at radius 1 is 1.45 bits per heavy atom. The fourth-order valence-corrected chi connectivity index (χ4v) is 2.74. The molecule has 116 valence electrons. The van der Waals surface area contributed by atoms with Crippen LogP contribution in [0.1, 0.15) is 6.42 Å². The molecule has 6 nitrogen and oxygen atoms in total. The molecule has 1 unspecified atom stereocenters. The highest BCUT2D eigenvalue weighted by atomic mass is 16.5. The van der Waals surface area contributed by atoms with Crippen molar-refractivity contribution in [2.75, 3.05) is 32.1 Å². The average molecular weight is 301 g/mol. The van der Waals surface area contributed by atoms with Gasteiger partial charge in [-0.3, -0.25) is 4.79 Å². The third-order valence-corrected chi connectivity index (χ3v) is 4.01. The second-order valence-electron chi connectivity index (χ2n) is 5.54. The minimum Gasteiger partial charge on any atom is -0.444 e. The number of hydrogen-bond donors (Lipinski definition) is 2. The summed E-state index contributed by atoms with van der Waals surface area (Å²) in [5, 5.41) is 6.21. The zero-order chi connectivity index (χ0) is 15.4. The van der Waals surface area contributed by atoms with Crippen molar-refractivity contribution < 1.29 is 13.9 Å². The van der Waals surface area contributed by atoms with Crippen LogP contribution in [0, 0.1) is 5.41 Å². The van der Waals surface area contributed by atoms with Crippen LogP contribution in [0.25, 0.3) is 11.3 Å². The molecule has 2 N–H and O–H groups in total. The second kappa shape index (κ2) is 6.29. The van der Waals surface area contributed by atoms with Crippen LogP contribution in [0.3, 0.4) is 0 Å². The van der Waals surface area contributed by atoms with Gasteiger partial charge >= 0.3 is 0 Å². The number of oxazole rings is 1. The quantitative estimate of drug-likeness (QED) is 0.882. The van der Waals surface area contributed by atoms with E-state index in [0.717, 1.165) is 24.2 Å². The number of anilines is 1. The van der Waals surface area contributed by atoms with E-state index in [1.807, 2.05) is 24.3 Å². The molecule has 0 saturated carbocycles. The lowest BCUT2D eigenvalue weighted by Crippen LogP contribution is -2.41. The summed E-state index contributed by atoms with van der Waals surface area (Å²) in [6, 6.07) is 7.51. The van der Waals surface area contributed by atoms with E-state index in [-0.39, 0.29) is 5.91 Å². The summed E-state index contributed by atoms with van der Waals surface area (Å²) in [5.41, 5.74) is 1.19. The summed E-state index contributed by atoms with van der Waals surface area (Å²) in [7, 11) is 1.62. The van der Waals surface area contributed by atoms with Crippen molar-refractivity contribution in [2.24, 2.45) is 5.41 Å². The molecule has 1 fully saturated rings. The molecule has 0 radical (unpaired) electrons. The van der Waals surface area contributed by atoms with Gasteiger partial charge in [-0.1, -0.05) is 0 Å². The molecule has 3 rings (SSSR count). The van der Waals surface area contributed by atoms with Crippen molar-refractivity contribution >= 4 is 11.6 Å². The van der Waals surface area contributed by atoms with Crippen LogP contribution in [0.2, 0.25) is 0 Å². The number of ether oxygens (including phenoxy) is 1. The van der Waals surface area contributed by atoms with Crippen LogP contribution < -0.4 is 10.6 Å². The average Bonchev–Trinajstić information content (AvgIpc) is 3.20. The van der Waals surface area contributed by atoms with E-state index in [9.17, 15) is 4.79 Å². The number of amides is 1. The van der Waals surface area contributed by atoms with Gasteiger partial charge in [0.15, 0.2) is 12.2 Å². The van der Waals surface area contributed by atoms with Crippen LogP contribution in [-0.4, -0.2) is 37.7 Å². The van der Waals surface area contributed by atoms with Crippen LogP contribution in [0.5, 0.6) is 0 Å².